The molecule has 0 aromatic carbocycles. The van der Waals surface area contributed by atoms with Gasteiger partial charge >= 0.3 is 5.97 Å². The zero-order chi connectivity index (χ0) is 15.0. The van der Waals surface area contributed by atoms with Crippen molar-refractivity contribution in [3.05, 3.63) is 24.2 Å². The number of carbonyl (C=O) groups excluding carboxylic acids is 1. The molecule has 6 nitrogen and oxygen atoms in total. The normalized spacial score (nSPS) is 27.6. The van der Waals surface area contributed by atoms with E-state index in [2.05, 4.69) is 5.32 Å². The molecule has 110 valence electrons. The van der Waals surface area contributed by atoms with E-state index >= 15 is 0 Å². The summed E-state index contributed by atoms with van der Waals surface area (Å²) < 4.78 is 10.5. The standard InChI is InChI=1S/C14H19NO5/c1-4-19-10-8-14(12(17)18,13(10,2)3)15-11(16)9-6-5-7-20-9/h5-7,10H,4,8H2,1-3H3,(H,15,16)(H,17,18). The maximum atomic E-state index is 12.1. The second-order valence-electron chi connectivity index (χ2n) is 5.51. The molecular formula is C14H19NO5. The maximum Gasteiger partial charge on any atom is 0.330 e. The Bertz CT molecular complexity index is 508. The summed E-state index contributed by atoms with van der Waals surface area (Å²) in [6.45, 7) is 5.94. The van der Waals surface area contributed by atoms with Gasteiger partial charge in [-0.15, -0.1) is 0 Å². The second kappa shape index (κ2) is 4.94. The molecule has 6 heteroatoms. The minimum atomic E-state index is -1.34. The van der Waals surface area contributed by atoms with Crippen LogP contribution in [-0.4, -0.2) is 35.2 Å². The van der Waals surface area contributed by atoms with Crippen LogP contribution < -0.4 is 5.32 Å². The lowest BCUT2D eigenvalue weighted by Crippen LogP contribution is -2.76. The average molecular weight is 281 g/mol. The maximum absolute atomic E-state index is 12.1. The Morgan fingerprint density at radius 1 is 1.55 bits per heavy atom. The molecule has 1 aromatic rings. The molecule has 0 spiro atoms. The molecule has 0 radical (unpaired) electrons. The SMILES string of the molecule is CCOC1CC(NC(=O)c2ccco2)(C(=O)O)C1(C)C. The van der Waals surface area contributed by atoms with Crippen LogP contribution >= 0.6 is 0 Å². The van der Waals surface area contributed by atoms with Crippen LogP contribution in [0.5, 0.6) is 0 Å². The molecule has 1 amide bonds. The van der Waals surface area contributed by atoms with Gasteiger partial charge in [-0.1, -0.05) is 13.8 Å². The van der Waals surface area contributed by atoms with E-state index in [0.29, 0.717) is 6.61 Å². The molecule has 2 atom stereocenters. The number of amides is 1. The van der Waals surface area contributed by atoms with Gasteiger partial charge in [0.2, 0.25) is 0 Å². The van der Waals surface area contributed by atoms with Gasteiger partial charge in [0.05, 0.1) is 12.4 Å². The zero-order valence-corrected chi connectivity index (χ0v) is 11.8. The first-order valence-electron chi connectivity index (χ1n) is 6.56. The first kappa shape index (κ1) is 14.6. The second-order valence-corrected chi connectivity index (χ2v) is 5.51. The quantitative estimate of drug-likeness (QED) is 0.857. The molecule has 1 aliphatic carbocycles. The van der Waals surface area contributed by atoms with Crippen molar-refractivity contribution >= 4 is 11.9 Å². The summed E-state index contributed by atoms with van der Waals surface area (Å²) in [4.78, 5) is 23.7. The van der Waals surface area contributed by atoms with E-state index in [1.807, 2.05) is 6.92 Å². The van der Waals surface area contributed by atoms with Gasteiger partial charge in [0, 0.05) is 18.4 Å². The van der Waals surface area contributed by atoms with Crippen LogP contribution in [0.2, 0.25) is 0 Å². The molecule has 2 N–H and O–H groups in total. The monoisotopic (exact) mass is 281 g/mol. The fraction of sp³-hybridized carbons (Fsp3) is 0.571. The smallest absolute Gasteiger partial charge is 0.330 e. The molecule has 1 aliphatic rings. The number of rotatable bonds is 5. The molecule has 1 fully saturated rings. The molecule has 1 saturated carbocycles. The Hall–Kier alpha value is -1.82. The molecular weight excluding hydrogens is 262 g/mol. The van der Waals surface area contributed by atoms with Gasteiger partial charge in [0.1, 0.15) is 5.54 Å². The summed E-state index contributed by atoms with van der Waals surface area (Å²) in [6, 6.07) is 3.08. The summed E-state index contributed by atoms with van der Waals surface area (Å²) in [7, 11) is 0. The largest absolute Gasteiger partial charge is 0.479 e. The Morgan fingerprint density at radius 2 is 2.25 bits per heavy atom. The highest BCUT2D eigenvalue weighted by molar-refractivity contribution is 5.96. The number of furan rings is 1. The number of nitrogens with one attached hydrogen (secondary N) is 1. The molecule has 1 aromatic heterocycles. The van der Waals surface area contributed by atoms with Crippen molar-refractivity contribution in [1.82, 2.24) is 5.32 Å². The lowest BCUT2D eigenvalue weighted by Gasteiger charge is -2.58. The highest BCUT2D eigenvalue weighted by Gasteiger charge is 2.66. The third-order valence-electron chi connectivity index (χ3n) is 4.20. The van der Waals surface area contributed by atoms with Crippen molar-refractivity contribution < 1.29 is 23.8 Å². The Labute approximate surface area is 117 Å². The van der Waals surface area contributed by atoms with Crippen molar-refractivity contribution in [2.24, 2.45) is 5.41 Å². The van der Waals surface area contributed by atoms with Crippen LogP contribution in [0.25, 0.3) is 0 Å². The first-order chi connectivity index (χ1) is 9.35. The molecule has 2 unspecified atom stereocenters. The first-order valence-corrected chi connectivity index (χ1v) is 6.56. The van der Waals surface area contributed by atoms with Crippen molar-refractivity contribution in [3.8, 4) is 0 Å². The Kier molecular flexibility index (Phi) is 3.60. The van der Waals surface area contributed by atoms with Crippen molar-refractivity contribution in [1.29, 1.82) is 0 Å². The fourth-order valence-corrected chi connectivity index (χ4v) is 2.70. The zero-order valence-electron chi connectivity index (χ0n) is 11.8. The number of hydrogen-bond acceptors (Lipinski definition) is 4. The van der Waals surface area contributed by atoms with E-state index < -0.39 is 22.8 Å². The van der Waals surface area contributed by atoms with E-state index in [0.717, 1.165) is 0 Å². The topological polar surface area (TPSA) is 88.8 Å². The highest BCUT2D eigenvalue weighted by Crippen LogP contribution is 2.51. The minimum Gasteiger partial charge on any atom is -0.479 e. The Morgan fingerprint density at radius 3 is 2.70 bits per heavy atom. The van der Waals surface area contributed by atoms with Crippen molar-refractivity contribution in [3.63, 3.8) is 0 Å². The van der Waals surface area contributed by atoms with Gasteiger partial charge in [-0.05, 0) is 19.1 Å². The van der Waals surface area contributed by atoms with Gasteiger partial charge in [-0.3, -0.25) is 4.79 Å². The van der Waals surface area contributed by atoms with Crippen LogP contribution in [0.3, 0.4) is 0 Å². The predicted molar refractivity (Wildman–Crippen MR) is 70.4 cm³/mol. The van der Waals surface area contributed by atoms with Crippen LogP contribution in [-0.2, 0) is 9.53 Å². The van der Waals surface area contributed by atoms with Gasteiger partial charge in [-0.2, -0.15) is 0 Å². The van der Waals surface area contributed by atoms with Gasteiger partial charge in [-0.25, -0.2) is 4.79 Å². The number of aliphatic carboxylic acids is 1. The number of carboxylic acids is 1. The number of carboxylic acid groups (broad SMARTS) is 1. The van der Waals surface area contributed by atoms with Crippen molar-refractivity contribution in [2.75, 3.05) is 6.61 Å². The third-order valence-corrected chi connectivity index (χ3v) is 4.20. The van der Waals surface area contributed by atoms with Crippen LogP contribution in [0.1, 0.15) is 37.7 Å². The lowest BCUT2D eigenvalue weighted by molar-refractivity contribution is -0.190. The summed E-state index contributed by atoms with van der Waals surface area (Å²) in [5.74, 6) is -1.49. The number of ether oxygens (including phenoxy) is 1. The highest BCUT2D eigenvalue weighted by atomic mass is 16.5. The van der Waals surface area contributed by atoms with Crippen molar-refractivity contribution in [2.45, 2.75) is 38.8 Å². The molecule has 0 aliphatic heterocycles. The van der Waals surface area contributed by atoms with Crippen LogP contribution in [0.4, 0.5) is 0 Å². The van der Waals surface area contributed by atoms with E-state index in [1.54, 1.807) is 19.9 Å². The number of hydrogen-bond donors (Lipinski definition) is 2. The van der Waals surface area contributed by atoms with Gasteiger partial charge in [0.15, 0.2) is 5.76 Å². The summed E-state index contributed by atoms with van der Waals surface area (Å²) in [5, 5.41) is 12.1. The van der Waals surface area contributed by atoms with E-state index in [9.17, 15) is 14.7 Å². The summed E-state index contributed by atoms with van der Waals surface area (Å²) in [6.07, 6.45) is 1.42. The molecule has 1 heterocycles. The molecule has 2 rings (SSSR count). The average Bonchev–Trinajstić information content (AvgIpc) is 2.90. The summed E-state index contributed by atoms with van der Waals surface area (Å²) >= 11 is 0. The summed E-state index contributed by atoms with van der Waals surface area (Å²) in [5.41, 5.74) is -2.03. The van der Waals surface area contributed by atoms with Crippen LogP contribution in [0.15, 0.2) is 22.8 Å². The number of carbonyl (C=O) groups is 2. The van der Waals surface area contributed by atoms with Crippen LogP contribution in [0, 0.1) is 5.41 Å². The third kappa shape index (κ3) is 2.00. The Balaban J connectivity index is 2.21. The molecule has 0 saturated heterocycles. The van der Waals surface area contributed by atoms with E-state index in [1.165, 1.54) is 12.3 Å². The molecule has 20 heavy (non-hydrogen) atoms. The predicted octanol–water partition coefficient (Wildman–Crippen LogP) is 1.67. The van der Waals surface area contributed by atoms with Gasteiger partial charge < -0.3 is 19.6 Å². The van der Waals surface area contributed by atoms with E-state index in [-0.39, 0.29) is 18.3 Å². The van der Waals surface area contributed by atoms with Gasteiger partial charge in [0.25, 0.3) is 5.91 Å². The molecule has 0 bridgehead atoms. The fourth-order valence-electron chi connectivity index (χ4n) is 2.70. The van der Waals surface area contributed by atoms with E-state index in [4.69, 9.17) is 9.15 Å². The lowest BCUT2D eigenvalue weighted by atomic mass is 9.54. The minimum absolute atomic E-state index is 0.0984.